The summed E-state index contributed by atoms with van der Waals surface area (Å²) in [6, 6.07) is 11.8. The van der Waals surface area contributed by atoms with E-state index in [1.54, 1.807) is 11.8 Å². The Hall–Kier alpha value is -2.98. The Morgan fingerprint density at radius 2 is 1.94 bits per heavy atom. The number of aromatic nitrogens is 3. The van der Waals surface area contributed by atoms with E-state index < -0.39 is 29.6 Å². The number of thioether (sulfide) groups is 1. The summed E-state index contributed by atoms with van der Waals surface area (Å²) in [5.74, 6) is -4.13. The van der Waals surface area contributed by atoms with Crippen molar-refractivity contribution in [3.05, 3.63) is 81.6 Å². The van der Waals surface area contributed by atoms with Crippen LogP contribution in [0.3, 0.4) is 0 Å². The summed E-state index contributed by atoms with van der Waals surface area (Å²) < 4.78 is 29.6. The highest BCUT2D eigenvalue weighted by Crippen LogP contribution is 2.25. The standard InChI is InChI=1S/C21H20ClF2N5O2S/c1-32-15-7-3-2-6-14(15)10-26-18(30)12-29-17(22)11-27-19(20(29)31)28-13-21(23,24)16-8-4-5-9-25-16/h2-9,11H,10,12-13H2,1H3,(H,26,30)(H,27,28). The van der Waals surface area contributed by atoms with Gasteiger partial charge in [-0.2, -0.15) is 8.78 Å². The lowest BCUT2D eigenvalue weighted by molar-refractivity contribution is -0.121. The quantitative estimate of drug-likeness (QED) is 0.456. The van der Waals surface area contributed by atoms with Gasteiger partial charge in [0.1, 0.15) is 17.4 Å². The fourth-order valence-corrected chi connectivity index (χ4v) is 3.65. The molecule has 7 nitrogen and oxygen atoms in total. The van der Waals surface area contributed by atoms with Crippen molar-refractivity contribution in [3.63, 3.8) is 0 Å². The van der Waals surface area contributed by atoms with Crippen molar-refractivity contribution in [2.75, 3.05) is 18.1 Å². The summed E-state index contributed by atoms with van der Waals surface area (Å²) in [6.07, 6.45) is 4.32. The van der Waals surface area contributed by atoms with E-state index in [-0.39, 0.29) is 24.1 Å². The Bertz CT molecular complexity index is 1140. The van der Waals surface area contributed by atoms with Crippen LogP contribution >= 0.6 is 23.4 Å². The molecule has 3 rings (SSSR count). The topological polar surface area (TPSA) is 88.9 Å². The van der Waals surface area contributed by atoms with Crippen molar-refractivity contribution in [2.45, 2.75) is 23.9 Å². The lowest BCUT2D eigenvalue weighted by atomic mass is 10.2. The van der Waals surface area contributed by atoms with Crippen LogP contribution in [0.2, 0.25) is 5.15 Å². The van der Waals surface area contributed by atoms with Crippen molar-refractivity contribution < 1.29 is 13.6 Å². The number of rotatable bonds is 9. The molecule has 1 amide bonds. The molecule has 0 spiro atoms. The lowest BCUT2D eigenvalue weighted by Gasteiger charge is -2.17. The van der Waals surface area contributed by atoms with Gasteiger partial charge in [0.05, 0.1) is 12.7 Å². The van der Waals surface area contributed by atoms with Crippen LogP contribution < -0.4 is 16.2 Å². The summed E-state index contributed by atoms with van der Waals surface area (Å²) >= 11 is 7.58. The summed E-state index contributed by atoms with van der Waals surface area (Å²) in [4.78, 5) is 33.5. The molecule has 0 radical (unpaired) electrons. The van der Waals surface area contributed by atoms with Gasteiger partial charge in [0.15, 0.2) is 5.82 Å². The lowest BCUT2D eigenvalue weighted by Crippen LogP contribution is -2.35. The minimum atomic E-state index is -3.33. The Kier molecular flexibility index (Phi) is 7.81. The molecule has 3 aromatic rings. The van der Waals surface area contributed by atoms with E-state index in [0.29, 0.717) is 0 Å². The van der Waals surface area contributed by atoms with E-state index in [9.17, 15) is 18.4 Å². The number of hydrogen-bond donors (Lipinski definition) is 2. The minimum Gasteiger partial charge on any atom is -0.359 e. The first-order valence-corrected chi connectivity index (χ1v) is 11.1. The molecule has 2 heterocycles. The van der Waals surface area contributed by atoms with Gasteiger partial charge in [0, 0.05) is 17.6 Å². The predicted molar refractivity (Wildman–Crippen MR) is 120 cm³/mol. The summed E-state index contributed by atoms with van der Waals surface area (Å²) in [5, 5.41) is 4.99. The smallest absolute Gasteiger partial charge is 0.306 e. The summed E-state index contributed by atoms with van der Waals surface area (Å²) in [6.45, 7) is -1.01. The zero-order valence-electron chi connectivity index (χ0n) is 17.0. The zero-order valence-corrected chi connectivity index (χ0v) is 18.6. The molecule has 32 heavy (non-hydrogen) atoms. The van der Waals surface area contributed by atoms with E-state index in [4.69, 9.17) is 11.6 Å². The van der Waals surface area contributed by atoms with Crippen molar-refractivity contribution in [1.82, 2.24) is 19.9 Å². The molecule has 2 N–H and O–H groups in total. The van der Waals surface area contributed by atoms with Crippen molar-refractivity contribution in [2.24, 2.45) is 0 Å². The number of carbonyl (C=O) groups is 1. The molecule has 0 fully saturated rings. The maximum Gasteiger partial charge on any atom is 0.306 e. The first-order chi connectivity index (χ1) is 15.3. The molecular weight excluding hydrogens is 460 g/mol. The molecule has 0 aliphatic heterocycles. The van der Waals surface area contributed by atoms with E-state index in [1.807, 2.05) is 30.5 Å². The molecule has 168 valence electrons. The molecule has 0 atom stereocenters. The normalized spacial score (nSPS) is 11.2. The SMILES string of the molecule is CSc1ccccc1CNC(=O)Cn1c(Cl)cnc(NCC(F)(F)c2ccccn2)c1=O. The Morgan fingerprint density at radius 1 is 1.19 bits per heavy atom. The van der Waals surface area contributed by atoms with Crippen molar-refractivity contribution >= 4 is 35.1 Å². The van der Waals surface area contributed by atoms with Crippen LogP contribution in [0.1, 0.15) is 11.3 Å². The molecule has 11 heteroatoms. The monoisotopic (exact) mass is 479 g/mol. The van der Waals surface area contributed by atoms with E-state index >= 15 is 0 Å². The van der Waals surface area contributed by atoms with Crippen LogP contribution in [0, 0.1) is 0 Å². The largest absolute Gasteiger partial charge is 0.359 e. The predicted octanol–water partition coefficient (Wildman–Crippen LogP) is 3.53. The first kappa shape index (κ1) is 23.7. The second-order valence-corrected chi connectivity index (χ2v) is 7.92. The van der Waals surface area contributed by atoms with Crippen LogP contribution in [0.5, 0.6) is 0 Å². The highest BCUT2D eigenvalue weighted by atomic mass is 35.5. The number of nitrogens with zero attached hydrogens (tertiary/aromatic N) is 3. The average Bonchev–Trinajstić information content (AvgIpc) is 2.80. The van der Waals surface area contributed by atoms with Crippen LogP contribution in [0.15, 0.2) is 64.5 Å². The van der Waals surface area contributed by atoms with Crippen LogP contribution in [-0.2, 0) is 23.8 Å². The third kappa shape index (κ3) is 5.83. The number of hydrogen-bond acceptors (Lipinski definition) is 6. The maximum absolute atomic E-state index is 14.3. The highest BCUT2D eigenvalue weighted by Gasteiger charge is 2.33. The number of carbonyl (C=O) groups excluding carboxylic acids is 1. The highest BCUT2D eigenvalue weighted by molar-refractivity contribution is 7.98. The van der Waals surface area contributed by atoms with Crippen molar-refractivity contribution in [1.29, 1.82) is 0 Å². The van der Waals surface area contributed by atoms with Gasteiger partial charge in [-0.3, -0.25) is 19.1 Å². The van der Waals surface area contributed by atoms with Crippen LogP contribution in [0.4, 0.5) is 14.6 Å². The van der Waals surface area contributed by atoms with Gasteiger partial charge in [0.25, 0.3) is 5.56 Å². The van der Waals surface area contributed by atoms with Gasteiger partial charge in [-0.05, 0) is 30.0 Å². The Morgan fingerprint density at radius 3 is 2.66 bits per heavy atom. The number of benzene rings is 1. The van der Waals surface area contributed by atoms with Gasteiger partial charge in [-0.1, -0.05) is 35.9 Å². The molecule has 0 saturated carbocycles. The van der Waals surface area contributed by atoms with E-state index in [0.717, 1.165) is 21.2 Å². The van der Waals surface area contributed by atoms with Gasteiger partial charge in [-0.15, -0.1) is 11.8 Å². The average molecular weight is 480 g/mol. The molecule has 0 unspecified atom stereocenters. The third-order valence-electron chi connectivity index (χ3n) is 4.49. The molecule has 1 aromatic carbocycles. The number of pyridine rings is 1. The Balaban J connectivity index is 1.68. The Labute approximate surface area is 192 Å². The third-order valence-corrected chi connectivity index (χ3v) is 5.63. The molecule has 0 aliphatic rings. The van der Waals surface area contributed by atoms with E-state index in [1.165, 1.54) is 24.4 Å². The fraction of sp³-hybridized carbons (Fsp3) is 0.238. The molecular formula is C21H20ClF2N5O2S. The minimum absolute atomic E-state index is 0.0864. The second kappa shape index (κ2) is 10.6. The first-order valence-electron chi connectivity index (χ1n) is 9.49. The number of anilines is 1. The zero-order chi connectivity index (χ0) is 23.1. The van der Waals surface area contributed by atoms with Gasteiger partial charge in [-0.25, -0.2) is 4.98 Å². The summed E-state index contributed by atoms with van der Waals surface area (Å²) in [5.41, 5.74) is -0.290. The van der Waals surface area contributed by atoms with Gasteiger partial charge < -0.3 is 10.6 Å². The van der Waals surface area contributed by atoms with Crippen molar-refractivity contribution in [3.8, 4) is 0 Å². The maximum atomic E-state index is 14.3. The molecule has 2 aromatic heterocycles. The molecule has 0 bridgehead atoms. The van der Waals surface area contributed by atoms with Crippen LogP contribution in [0.25, 0.3) is 0 Å². The number of halogens is 3. The molecule has 0 saturated heterocycles. The number of amides is 1. The fourth-order valence-electron chi connectivity index (χ4n) is 2.84. The second-order valence-electron chi connectivity index (χ2n) is 6.68. The summed E-state index contributed by atoms with van der Waals surface area (Å²) in [7, 11) is 0. The van der Waals surface area contributed by atoms with E-state index in [2.05, 4.69) is 20.6 Å². The number of nitrogens with one attached hydrogen (secondary N) is 2. The van der Waals surface area contributed by atoms with Gasteiger partial charge >= 0.3 is 5.92 Å². The number of alkyl halides is 2. The molecule has 0 aliphatic carbocycles. The van der Waals surface area contributed by atoms with Gasteiger partial charge in [0.2, 0.25) is 5.91 Å². The van der Waals surface area contributed by atoms with Crippen LogP contribution in [-0.4, -0.2) is 33.2 Å².